The van der Waals surface area contributed by atoms with E-state index in [4.69, 9.17) is 4.74 Å². The van der Waals surface area contributed by atoms with E-state index in [1.807, 2.05) is 49.4 Å². The summed E-state index contributed by atoms with van der Waals surface area (Å²) in [5.41, 5.74) is 3.13. The zero-order valence-electron chi connectivity index (χ0n) is 20.0. The minimum Gasteiger partial charge on any atom is -0.481 e. The molecule has 1 aliphatic carbocycles. The van der Waals surface area contributed by atoms with Crippen molar-refractivity contribution in [2.24, 2.45) is 11.8 Å². The zero-order valence-corrected chi connectivity index (χ0v) is 20.0. The number of amides is 1. The number of carboxylic acids is 1. The first-order valence-electron chi connectivity index (χ1n) is 11.7. The van der Waals surface area contributed by atoms with Crippen LogP contribution in [0.1, 0.15) is 32.6 Å². The van der Waals surface area contributed by atoms with E-state index >= 15 is 0 Å². The van der Waals surface area contributed by atoms with Gasteiger partial charge in [-0.3, -0.25) is 9.59 Å². The molecule has 182 valence electrons. The van der Waals surface area contributed by atoms with Crippen molar-refractivity contribution in [2.45, 2.75) is 32.6 Å². The second-order valence-corrected chi connectivity index (χ2v) is 8.43. The lowest BCUT2D eigenvalue weighted by Gasteiger charge is -2.27. The lowest BCUT2D eigenvalue weighted by Crippen LogP contribution is -2.36. The number of aliphatic carboxylic acids is 1. The van der Waals surface area contributed by atoms with Crippen LogP contribution < -0.4 is 15.4 Å². The molecular formula is C29H32N2O4. The van der Waals surface area contributed by atoms with E-state index in [-0.39, 0.29) is 5.91 Å². The Morgan fingerprint density at radius 1 is 0.943 bits per heavy atom. The number of ether oxygens (including phenoxy) is 1. The van der Waals surface area contributed by atoms with Crippen LogP contribution in [0.5, 0.6) is 11.5 Å². The zero-order chi connectivity index (χ0) is 25.2. The Morgan fingerprint density at radius 3 is 2.00 bits per heavy atom. The van der Waals surface area contributed by atoms with Gasteiger partial charge in [-0.2, -0.15) is 0 Å². The van der Waals surface area contributed by atoms with Crippen LogP contribution in [0.2, 0.25) is 0 Å². The van der Waals surface area contributed by atoms with Crippen molar-refractivity contribution in [3.05, 3.63) is 97.3 Å². The smallest absolute Gasteiger partial charge is 0.307 e. The van der Waals surface area contributed by atoms with E-state index in [9.17, 15) is 14.7 Å². The van der Waals surface area contributed by atoms with Gasteiger partial charge in [-0.05, 0) is 73.9 Å². The maximum absolute atomic E-state index is 12.6. The first-order chi connectivity index (χ1) is 16.9. The monoisotopic (exact) mass is 472 g/mol. The van der Waals surface area contributed by atoms with Gasteiger partial charge in [0.25, 0.3) is 0 Å². The van der Waals surface area contributed by atoms with Gasteiger partial charge < -0.3 is 20.5 Å². The van der Waals surface area contributed by atoms with Crippen molar-refractivity contribution in [1.29, 1.82) is 0 Å². The molecule has 1 amide bonds. The van der Waals surface area contributed by atoms with Gasteiger partial charge in [-0.15, -0.1) is 0 Å². The molecule has 3 N–H and O–H groups in total. The molecular weight excluding hydrogens is 440 g/mol. The molecule has 2 aromatic rings. The van der Waals surface area contributed by atoms with E-state index in [1.54, 1.807) is 30.3 Å². The number of anilines is 2. The number of carbonyl (C=O) groups is 2. The molecule has 0 heterocycles. The topological polar surface area (TPSA) is 87.7 Å². The lowest BCUT2D eigenvalue weighted by molar-refractivity contribution is -0.147. The maximum Gasteiger partial charge on any atom is 0.307 e. The third kappa shape index (κ3) is 7.21. The average molecular weight is 473 g/mol. The summed E-state index contributed by atoms with van der Waals surface area (Å²) >= 11 is 0. The standard InChI is InChI=1S/C29H32N2O4/c1-4-6-9-21(5-2)20(3)30-22-12-16-24(17-13-22)35-25-18-14-23(15-19-25)31-28(32)26-10-7-8-11-27(26)29(33)34/h4-6,9,12-19,26-27,30H,2-3,7-8,10-11H2,1H3,(H,31,32)(H,33,34)/b6-4-,21-9+. The highest BCUT2D eigenvalue weighted by atomic mass is 16.5. The van der Waals surface area contributed by atoms with Gasteiger partial charge in [0.1, 0.15) is 11.5 Å². The van der Waals surface area contributed by atoms with Crippen LogP contribution in [-0.4, -0.2) is 17.0 Å². The van der Waals surface area contributed by atoms with E-state index < -0.39 is 17.8 Å². The fourth-order valence-electron chi connectivity index (χ4n) is 4.06. The molecule has 2 atom stereocenters. The molecule has 0 radical (unpaired) electrons. The molecule has 2 aromatic carbocycles. The van der Waals surface area contributed by atoms with E-state index in [0.29, 0.717) is 30.0 Å². The largest absolute Gasteiger partial charge is 0.481 e. The van der Waals surface area contributed by atoms with E-state index in [1.165, 1.54) is 0 Å². The van der Waals surface area contributed by atoms with Crippen molar-refractivity contribution < 1.29 is 19.4 Å². The van der Waals surface area contributed by atoms with Gasteiger partial charge in [-0.25, -0.2) is 0 Å². The van der Waals surface area contributed by atoms with Crippen molar-refractivity contribution in [3.63, 3.8) is 0 Å². The van der Waals surface area contributed by atoms with Gasteiger partial charge in [0, 0.05) is 17.1 Å². The van der Waals surface area contributed by atoms with Crippen molar-refractivity contribution in [2.75, 3.05) is 10.6 Å². The fraction of sp³-hybridized carbons (Fsp3) is 0.241. The van der Waals surface area contributed by atoms with E-state index in [2.05, 4.69) is 23.8 Å². The Hall–Kier alpha value is -4.06. The Balaban J connectivity index is 1.57. The summed E-state index contributed by atoms with van der Waals surface area (Å²) in [5, 5.41) is 15.5. The molecule has 1 saturated carbocycles. The number of hydrogen-bond acceptors (Lipinski definition) is 4. The lowest BCUT2D eigenvalue weighted by atomic mass is 9.78. The molecule has 2 unspecified atom stereocenters. The van der Waals surface area contributed by atoms with Crippen LogP contribution in [0.3, 0.4) is 0 Å². The number of rotatable bonds is 10. The summed E-state index contributed by atoms with van der Waals surface area (Å²) in [6, 6.07) is 14.5. The van der Waals surface area contributed by atoms with Crippen molar-refractivity contribution in [3.8, 4) is 11.5 Å². The SMILES string of the molecule is C=C/C(=C\C=C/C)C(=C)Nc1ccc(Oc2ccc(NC(=O)C3CCCCC3C(=O)O)cc2)cc1. The Kier molecular flexibility index (Phi) is 9.07. The van der Waals surface area contributed by atoms with Crippen LogP contribution in [0.15, 0.2) is 97.3 Å². The Morgan fingerprint density at radius 2 is 1.49 bits per heavy atom. The summed E-state index contributed by atoms with van der Waals surface area (Å²) in [7, 11) is 0. The highest BCUT2D eigenvalue weighted by Gasteiger charge is 2.35. The third-order valence-electron chi connectivity index (χ3n) is 5.96. The van der Waals surface area contributed by atoms with Gasteiger partial charge >= 0.3 is 5.97 Å². The highest BCUT2D eigenvalue weighted by molar-refractivity contribution is 5.95. The highest BCUT2D eigenvalue weighted by Crippen LogP contribution is 2.32. The third-order valence-corrected chi connectivity index (χ3v) is 5.96. The number of benzene rings is 2. The number of carboxylic acid groups (broad SMARTS) is 1. The molecule has 1 aliphatic rings. The van der Waals surface area contributed by atoms with Crippen molar-refractivity contribution in [1.82, 2.24) is 0 Å². The summed E-state index contributed by atoms with van der Waals surface area (Å²) in [6.45, 7) is 9.83. The van der Waals surface area contributed by atoms with Crippen LogP contribution >= 0.6 is 0 Å². The summed E-state index contributed by atoms with van der Waals surface area (Å²) < 4.78 is 5.91. The minimum atomic E-state index is -0.898. The van der Waals surface area contributed by atoms with Gasteiger partial charge in [0.2, 0.25) is 5.91 Å². The molecule has 0 spiro atoms. The first-order valence-corrected chi connectivity index (χ1v) is 11.7. The fourth-order valence-corrected chi connectivity index (χ4v) is 4.06. The van der Waals surface area contributed by atoms with Crippen LogP contribution in [0.25, 0.3) is 0 Å². The summed E-state index contributed by atoms with van der Waals surface area (Å²) in [4.78, 5) is 24.1. The molecule has 0 aliphatic heterocycles. The van der Waals surface area contributed by atoms with E-state index in [0.717, 1.165) is 29.8 Å². The molecule has 6 heteroatoms. The molecule has 1 fully saturated rings. The quantitative estimate of drug-likeness (QED) is 0.327. The summed E-state index contributed by atoms with van der Waals surface area (Å²) in [6.07, 6.45) is 10.4. The number of carbonyl (C=O) groups excluding carboxylic acids is 1. The predicted octanol–water partition coefficient (Wildman–Crippen LogP) is 6.92. The number of hydrogen-bond donors (Lipinski definition) is 3. The van der Waals surface area contributed by atoms with Gasteiger partial charge in [0.15, 0.2) is 0 Å². The Bertz CT molecular complexity index is 1110. The molecule has 3 rings (SSSR count). The van der Waals surface area contributed by atoms with Gasteiger partial charge in [0.05, 0.1) is 11.8 Å². The average Bonchev–Trinajstić information content (AvgIpc) is 2.86. The second kappa shape index (κ2) is 12.4. The molecule has 0 bridgehead atoms. The molecule has 0 saturated heterocycles. The number of allylic oxidation sites excluding steroid dienone is 4. The predicted molar refractivity (Wildman–Crippen MR) is 141 cm³/mol. The maximum atomic E-state index is 12.6. The van der Waals surface area contributed by atoms with Crippen LogP contribution in [0.4, 0.5) is 11.4 Å². The van der Waals surface area contributed by atoms with Crippen LogP contribution in [0, 0.1) is 11.8 Å². The molecule has 6 nitrogen and oxygen atoms in total. The molecule has 0 aromatic heterocycles. The minimum absolute atomic E-state index is 0.240. The normalized spacial score (nSPS) is 18.0. The molecule has 35 heavy (non-hydrogen) atoms. The Labute approximate surface area is 206 Å². The van der Waals surface area contributed by atoms with Crippen LogP contribution in [-0.2, 0) is 9.59 Å². The first kappa shape index (κ1) is 25.6. The van der Waals surface area contributed by atoms with Crippen molar-refractivity contribution >= 4 is 23.3 Å². The second-order valence-electron chi connectivity index (χ2n) is 8.43. The van der Waals surface area contributed by atoms with Gasteiger partial charge in [-0.1, -0.05) is 50.3 Å². The summed E-state index contributed by atoms with van der Waals surface area (Å²) in [5.74, 6) is -0.966. The number of nitrogens with one attached hydrogen (secondary N) is 2.